The molecule has 2 aromatic rings. The van der Waals surface area contributed by atoms with Gasteiger partial charge in [-0.1, -0.05) is 6.07 Å². The smallest absolute Gasteiger partial charge is 0.146 e. The van der Waals surface area contributed by atoms with E-state index < -0.39 is 11.9 Å². The summed E-state index contributed by atoms with van der Waals surface area (Å²) in [6.45, 7) is 1.92. The third-order valence-electron chi connectivity index (χ3n) is 2.51. The van der Waals surface area contributed by atoms with Crippen LogP contribution in [-0.4, -0.2) is 9.97 Å². The zero-order valence-corrected chi connectivity index (χ0v) is 9.39. The fraction of sp³-hybridized carbons (Fsp3) is 0.167. The molecule has 4 nitrogen and oxygen atoms in total. The maximum absolute atomic E-state index is 13.6. The maximum Gasteiger partial charge on any atom is 0.146 e. The lowest BCUT2D eigenvalue weighted by atomic mass is 10.0. The molecule has 0 aromatic carbocycles. The predicted octanol–water partition coefficient (Wildman–Crippen LogP) is 1.48. The van der Waals surface area contributed by atoms with E-state index >= 15 is 0 Å². The summed E-state index contributed by atoms with van der Waals surface area (Å²) in [5.41, 5.74) is 4.86. The number of hydrazine groups is 1. The van der Waals surface area contributed by atoms with Gasteiger partial charge in [-0.3, -0.25) is 15.8 Å². The topological polar surface area (TPSA) is 63.8 Å². The van der Waals surface area contributed by atoms with Crippen LogP contribution in [0.3, 0.4) is 0 Å². The maximum atomic E-state index is 13.6. The molecule has 0 saturated heterocycles. The van der Waals surface area contributed by atoms with Crippen LogP contribution in [0.4, 0.5) is 4.39 Å². The highest BCUT2D eigenvalue weighted by Crippen LogP contribution is 2.22. The number of rotatable bonds is 3. The van der Waals surface area contributed by atoms with Crippen molar-refractivity contribution in [3.05, 3.63) is 59.4 Å². The van der Waals surface area contributed by atoms with Gasteiger partial charge in [0.1, 0.15) is 5.82 Å². The highest BCUT2D eigenvalue weighted by molar-refractivity contribution is 5.31. The van der Waals surface area contributed by atoms with Gasteiger partial charge < -0.3 is 0 Å². The van der Waals surface area contributed by atoms with Gasteiger partial charge in [-0.2, -0.15) is 0 Å². The Labute approximate surface area is 98.7 Å². The monoisotopic (exact) mass is 232 g/mol. The van der Waals surface area contributed by atoms with Crippen molar-refractivity contribution in [2.45, 2.75) is 13.0 Å². The number of pyridine rings is 2. The molecule has 0 radical (unpaired) electrons. The average Bonchev–Trinajstić information content (AvgIpc) is 2.33. The first kappa shape index (κ1) is 11.6. The molecule has 1 unspecified atom stereocenters. The van der Waals surface area contributed by atoms with Crippen LogP contribution in [0.25, 0.3) is 0 Å². The fourth-order valence-electron chi connectivity index (χ4n) is 1.72. The zero-order chi connectivity index (χ0) is 12.3. The Bertz CT molecular complexity index is 515. The summed E-state index contributed by atoms with van der Waals surface area (Å²) in [7, 11) is 0. The molecule has 3 N–H and O–H groups in total. The second-order valence-electron chi connectivity index (χ2n) is 3.79. The van der Waals surface area contributed by atoms with Gasteiger partial charge in [0.2, 0.25) is 0 Å². The lowest BCUT2D eigenvalue weighted by Gasteiger charge is -2.17. The molecule has 1 atom stereocenters. The van der Waals surface area contributed by atoms with Crippen molar-refractivity contribution in [3.63, 3.8) is 0 Å². The third kappa shape index (κ3) is 2.46. The first-order chi connectivity index (χ1) is 8.22. The number of nitrogens with two attached hydrogens (primary N) is 1. The Kier molecular flexibility index (Phi) is 3.41. The van der Waals surface area contributed by atoms with Crippen molar-refractivity contribution in [1.29, 1.82) is 0 Å². The van der Waals surface area contributed by atoms with E-state index in [1.165, 1.54) is 12.4 Å². The summed E-state index contributed by atoms with van der Waals surface area (Å²) in [6, 6.07) is 3.09. The Balaban J connectivity index is 2.44. The number of nitrogens with one attached hydrogen (secondary N) is 1. The molecule has 0 bridgehead atoms. The molecule has 88 valence electrons. The zero-order valence-electron chi connectivity index (χ0n) is 9.39. The minimum Gasteiger partial charge on any atom is -0.271 e. The summed E-state index contributed by atoms with van der Waals surface area (Å²) in [5, 5.41) is 0. The van der Waals surface area contributed by atoms with Gasteiger partial charge in [-0.25, -0.2) is 9.82 Å². The number of nitrogens with zero attached hydrogens (tertiary/aromatic N) is 2. The minimum absolute atomic E-state index is 0.392. The van der Waals surface area contributed by atoms with Gasteiger partial charge >= 0.3 is 0 Å². The molecule has 2 aromatic heterocycles. The van der Waals surface area contributed by atoms with Crippen LogP contribution in [0, 0.1) is 12.7 Å². The van der Waals surface area contributed by atoms with E-state index in [0.29, 0.717) is 5.56 Å². The van der Waals surface area contributed by atoms with Crippen LogP contribution < -0.4 is 11.3 Å². The quantitative estimate of drug-likeness (QED) is 0.621. The highest BCUT2D eigenvalue weighted by atomic mass is 19.1. The number of hydrogen-bond acceptors (Lipinski definition) is 4. The fourth-order valence-corrected chi connectivity index (χ4v) is 1.72. The van der Waals surface area contributed by atoms with Gasteiger partial charge in [0.05, 0.1) is 12.2 Å². The molecule has 5 heteroatoms. The second kappa shape index (κ2) is 4.99. The molecular formula is C12H13FN4. The molecule has 17 heavy (non-hydrogen) atoms. The van der Waals surface area contributed by atoms with Crippen molar-refractivity contribution in [2.75, 3.05) is 0 Å². The van der Waals surface area contributed by atoms with Gasteiger partial charge in [0.25, 0.3) is 0 Å². The number of hydrogen-bond donors (Lipinski definition) is 2. The van der Waals surface area contributed by atoms with Crippen molar-refractivity contribution in [2.24, 2.45) is 5.84 Å². The standard InChI is InChI=1S/C12H13FN4/c1-8-4-9(6-16-5-8)12(17-14)10-2-3-15-7-11(10)13/h2-7,12,17H,14H2,1H3. The molecule has 0 spiro atoms. The molecule has 2 heterocycles. The van der Waals surface area contributed by atoms with Crippen LogP contribution in [0.2, 0.25) is 0 Å². The van der Waals surface area contributed by atoms with Crippen LogP contribution >= 0.6 is 0 Å². The molecular weight excluding hydrogens is 219 g/mol. The largest absolute Gasteiger partial charge is 0.271 e. The van der Waals surface area contributed by atoms with Crippen molar-refractivity contribution in [3.8, 4) is 0 Å². The Hall–Kier alpha value is -1.85. The van der Waals surface area contributed by atoms with Crippen LogP contribution in [0.5, 0.6) is 0 Å². The SMILES string of the molecule is Cc1cncc(C(NN)c2ccncc2F)c1. The van der Waals surface area contributed by atoms with E-state index in [-0.39, 0.29) is 0 Å². The van der Waals surface area contributed by atoms with E-state index in [1.54, 1.807) is 18.5 Å². The predicted molar refractivity (Wildman–Crippen MR) is 62.3 cm³/mol. The van der Waals surface area contributed by atoms with E-state index in [0.717, 1.165) is 11.1 Å². The first-order valence-corrected chi connectivity index (χ1v) is 5.19. The van der Waals surface area contributed by atoms with Gasteiger partial charge in [-0.05, 0) is 24.1 Å². The number of aromatic nitrogens is 2. The van der Waals surface area contributed by atoms with E-state index in [2.05, 4.69) is 15.4 Å². The van der Waals surface area contributed by atoms with Crippen molar-refractivity contribution < 1.29 is 4.39 Å². The summed E-state index contributed by atoms with van der Waals surface area (Å²) in [5.74, 6) is 5.10. The number of aryl methyl sites for hydroxylation is 1. The Morgan fingerprint density at radius 3 is 2.76 bits per heavy atom. The van der Waals surface area contributed by atoms with Crippen molar-refractivity contribution in [1.82, 2.24) is 15.4 Å². The Morgan fingerprint density at radius 2 is 2.12 bits per heavy atom. The highest BCUT2D eigenvalue weighted by Gasteiger charge is 2.16. The lowest BCUT2D eigenvalue weighted by Crippen LogP contribution is -2.29. The number of halogens is 1. The molecule has 0 aliphatic carbocycles. The molecule has 0 amide bonds. The molecule has 0 saturated carbocycles. The molecule has 2 rings (SSSR count). The normalized spacial score (nSPS) is 12.4. The van der Waals surface area contributed by atoms with Gasteiger partial charge in [-0.15, -0.1) is 0 Å². The third-order valence-corrected chi connectivity index (χ3v) is 2.51. The van der Waals surface area contributed by atoms with Crippen LogP contribution in [0.1, 0.15) is 22.7 Å². The summed E-state index contributed by atoms with van der Waals surface area (Å²) >= 11 is 0. The second-order valence-corrected chi connectivity index (χ2v) is 3.79. The van der Waals surface area contributed by atoms with E-state index in [9.17, 15) is 4.39 Å². The van der Waals surface area contributed by atoms with E-state index in [4.69, 9.17) is 5.84 Å². The summed E-state index contributed by atoms with van der Waals surface area (Å²) in [4.78, 5) is 7.79. The van der Waals surface area contributed by atoms with Crippen LogP contribution in [-0.2, 0) is 0 Å². The lowest BCUT2D eigenvalue weighted by molar-refractivity contribution is 0.554. The summed E-state index contributed by atoms with van der Waals surface area (Å²) < 4.78 is 13.6. The minimum atomic E-state index is -0.426. The van der Waals surface area contributed by atoms with Gasteiger partial charge in [0, 0.05) is 24.2 Å². The molecule has 0 fully saturated rings. The molecule has 0 aliphatic rings. The van der Waals surface area contributed by atoms with Crippen LogP contribution in [0.15, 0.2) is 36.9 Å². The molecule has 0 aliphatic heterocycles. The average molecular weight is 232 g/mol. The summed E-state index contributed by atoms with van der Waals surface area (Å²) in [6.07, 6.45) is 6.10. The van der Waals surface area contributed by atoms with E-state index in [1.807, 2.05) is 13.0 Å². The van der Waals surface area contributed by atoms with Crippen molar-refractivity contribution >= 4 is 0 Å². The Morgan fingerprint density at radius 1 is 1.29 bits per heavy atom. The van der Waals surface area contributed by atoms with Gasteiger partial charge in [0.15, 0.2) is 0 Å². The first-order valence-electron chi connectivity index (χ1n) is 5.19.